The second-order valence-corrected chi connectivity index (χ2v) is 6.77. The van der Waals surface area contributed by atoms with E-state index in [2.05, 4.69) is 0 Å². The van der Waals surface area contributed by atoms with Gasteiger partial charge >= 0.3 is 0 Å². The molecule has 34 heavy (non-hydrogen) atoms. The van der Waals surface area contributed by atoms with Gasteiger partial charge in [0.2, 0.25) is 0 Å². The number of ether oxygens (including phenoxy) is 6. The van der Waals surface area contributed by atoms with Crippen molar-refractivity contribution >= 4 is 12.6 Å². The highest BCUT2D eigenvalue weighted by Crippen LogP contribution is 2.29. The van der Waals surface area contributed by atoms with Gasteiger partial charge in [0.15, 0.2) is 35.6 Å². The first-order valence-electron chi connectivity index (χ1n) is 10.8. The number of phenols is 2. The maximum Gasteiger partial charge on any atom is 0.168 e. The van der Waals surface area contributed by atoms with Crippen molar-refractivity contribution in [3.63, 3.8) is 0 Å². The second kappa shape index (κ2) is 16.4. The van der Waals surface area contributed by atoms with E-state index in [0.29, 0.717) is 65.4 Å². The molecule has 10 nitrogen and oxygen atoms in total. The number of hydrogen-bond donors (Lipinski definition) is 2. The fourth-order valence-corrected chi connectivity index (χ4v) is 2.68. The van der Waals surface area contributed by atoms with Gasteiger partial charge in [-0.05, 0) is 24.3 Å². The zero-order valence-corrected chi connectivity index (χ0v) is 18.9. The van der Waals surface area contributed by atoms with E-state index >= 15 is 0 Å². The predicted molar refractivity (Wildman–Crippen MR) is 121 cm³/mol. The monoisotopic (exact) mass is 478 g/mol. The molecule has 0 saturated heterocycles. The Morgan fingerprint density at radius 2 is 0.853 bits per heavy atom. The molecule has 0 aliphatic carbocycles. The van der Waals surface area contributed by atoms with Crippen LogP contribution in [0.4, 0.5) is 0 Å². The summed E-state index contributed by atoms with van der Waals surface area (Å²) in [5.74, 6) is 0.117. The van der Waals surface area contributed by atoms with Gasteiger partial charge in [-0.2, -0.15) is 0 Å². The van der Waals surface area contributed by atoms with Gasteiger partial charge in [-0.15, -0.1) is 0 Å². The van der Waals surface area contributed by atoms with Crippen LogP contribution >= 0.6 is 0 Å². The average molecular weight is 478 g/mol. The van der Waals surface area contributed by atoms with Crippen LogP contribution in [0.3, 0.4) is 0 Å². The van der Waals surface area contributed by atoms with E-state index in [4.69, 9.17) is 28.4 Å². The highest BCUT2D eigenvalue weighted by atomic mass is 16.6. The largest absolute Gasteiger partial charge is 0.504 e. The summed E-state index contributed by atoms with van der Waals surface area (Å²) in [5.41, 5.74) is 0.350. The molecule has 0 aromatic heterocycles. The Labute approximate surface area is 197 Å². The second-order valence-electron chi connectivity index (χ2n) is 6.77. The van der Waals surface area contributed by atoms with Crippen LogP contribution in [0, 0.1) is 0 Å². The smallest absolute Gasteiger partial charge is 0.168 e. The quantitative estimate of drug-likeness (QED) is 0.229. The van der Waals surface area contributed by atoms with Crippen molar-refractivity contribution in [1.82, 2.24) is 0 Å². The van der Waals surface area contributed by atoms with Crippen molar-refractivity contribution in [2.24, 2.45) is 0 Å². The first-order chi connectivity index (χ1) is 16.7. The number of hydrogen-bond acceptors (Lipinski definition) is 10. The number of benzene rings is 2. The minimum Gasteiger partial charge on any atom is -0.504 e. The molecule has 0 aliphatic rings. The Bertz CT molecular complexity index is 799. The summed E-state index contributed by atoms with van der Waals surface area (Å²) in [5, 5.41) is 19.6. The van der Waals surface area contributed by atoms with Gasteiger partial charge in [0.05, 0.1) is 64.0 Å². The summed E-state index contributed by atoms with van der Waals surface area (Å²) >= 11 is 0. The van der Waals surface area contributed by atoms with Crippen molar-refractivity contribution in [2.75, 3.05) is 66.1 Å². The predicted octanol–water partition coefficient (Wildman–Crippen LogP) is 2.25. The molecule has 0 heterocycles. The highest BCUT2D eigenvalue weighted by molar-refractivity contribution is 5.81. The molecule has 0 spiro atoms. The van der Waals surface area contributed by atoms with Gasteiger partial charge < -0.3 is 38.6 Å². The molecule has 0 fully saturated rings. The topological polar surface area (TPSA) is 130 Å². The van der Waals surface area contributed by atoms with Gasteiger partial charge in [-0.25, -0.2) is 0 Å². The summed E-state index contributed by atoms with van der Waals surface area (Å²) in [4.78, 5) is 21.5. The summed E-state index contributed by atoms with van der Waals surface area (Å²) in [6, 6.07) is 9.40. The van der Waals surface area contributed by atoms with Crippen molar-refractivity contribution in [1.29, 1.82) is 0 Å². The fraction of sp³-hybridized carbons (Fsp3) is 0.417. The first kappa shape index (κ1) is 27.1. The minimum absolute atomic E-state index is 0.175. The first-order valence-corrected chi connectivity index (χ1v) is 10.8. The van der Waals surface area contributed by atoms with E-state index in [-0.39, 0.29) is 47.3 Å². The van der Waals surface area contributed by atoms with E-state index < -0.39 is 0 Å². The normalized spacial score (nSPS) is 10.7. The molecule has 0 atom stereocenters. The Balaban J connectivity index is 1.36. The molecule has 2 aromatic carbocycles. The number of rotatable bonds is 19. The lowest BCUT2D eigenvalue weighted by Crippen LogP contribution is -2.14. The van der Waals surface area contributed by atoms with E-state index in [0.717, 1.165) is 0 Å². The molecule has 2 rings (SSSR count). The zero-order valence-electron chi connectivity index (χ0n) is 18.9. The SMILES string of the molecule is O=Cc1cccc(OCCOCCOCCOCCOCCOc2cccc(C=O)c2O)c1O. The van der Waals surface area contributed by atoms with Crippen LogP contribution in [0.2, 0.25) is 0 Å². The van der Waals surface area contributed by atoms with Crippen molar-refractivity contribution in [2.45, 2.75) is 0 Å². The molecule has 0 saturated carbocycles. The summed E-state index contributed by atoms with van der Waals surface area (Å²) in [7, 11) is 0. The number of carbonyl (C=O) groups is 2. The number of aldehydes is 2. The van der Waals surface area contributed by atoms with Crippen LogP contribution in [0.25, 0.3) is 0 Å². The molecule has 0 amide bonds. The summed E-state index contributed by atoms with van der Waals surface area (Å²) < 4.78 is 32.3. The van der Waals surface area contributed by atoms with Crippen LogP contribution < -0.4 is 9.47 Å². The molecule has 186 valence electrons. The van der Waals surface area contributed by atoms with E-state index in [1.54, 1.807) is 24.3 Å². The molecule has 0 radical (unpaired) electrons. The number of aromatic hydroxyl groups is 2. The standard InChI is InChI=1S/C24H30O10/c25-17-19-3-1-5-21(23(19)27)33-15-13-31-11-9-29-7-8-30-10-12-32-14-16-34-22-6-2-4-20(18-26)24(22)28/h1-6,17-18,27-28H,7-16H2. The van der Waals surface area contributed by atoms with Crippen LogP contribution in [-0.2, 0) is 18.9 Å². The Morgan fingerprint density at radius 1 is 0.529 bits per heavy atom. The number of para-hydroxylation sites is 2. The molecular weight excluding hydrogens is 448 g/mol. The zero-order chi connectivity index (χ0) is 24.4. The maximum absolute atomic E-state index is 10.8. The molecule has 2 N–H and O–H groups in total. The van der Waals surface area contributed by atoms with E-state index in [1.807, 2.05) is 0 Å². The molecular formula is C24H30O10. The molecule has 0 bridgehead atoms. The van der Waals surface area contributed by atoms with Crippen LogP contribution in [0.1, 0.15) is 20.7 Å². The van der Waals surface area contributed by atoms with Crippen LogP contribution in [-0.4, -0.2) is 88.9 Å². The Hall–Kier alpha value is -3.18. The van der Waals surface area contributed by atoms with Crippen molar-refractivity contribution in [3.05, 3.63) is 47.5 Å². The van der Waals surface area contributed by atoms with Crippen molar-refractivity contribution < 1.29 is 48.2 Å². The Morgan fingerprint density at radius 3 is 1.18 bits per heavy atom. The molecule has 0 aliphatic heterocycles. The van der Waals surface area contributed by atoms with Gasteiger partial charge in [-0.1, -0.05) is 12.1 Å². The molecule has 10 heteroatoms. The minimum atomic E-state index is -0.179. The number of carbonyl (C=O) groups excluding carboxylic acids is 2. The van der Waals surface area contributed by atoms with Gasteiger partial charge in [0.25, 0.3) is 0 Å². The lowest BCUT2D eigenvalue weighted by atomic mass is 10.2. The third-order valence-electron chi connectivity index (χ3n) is 4.40. The Kier molecular flexibility index (Phi) is 13.1. The number of phenolic OH excluding ortho intramolecular Hbond substituents is 2. The third kappa shape index (κ3) is 9.75. The summed E-state index contributed by atoms with van der Waals surface area (Å²) in [6.45, 7) is 3.51. The van der Waals surface area contributed by atoms with Gasteiger partial charge in [0.1, 0.15) is 13.2 Å². The maximum atomic E-state index is 10.8. The lowest BCUT2D eigenvalue weighted by molar-refractivity contribution is -0.00709. The average Bonchev–Trinajstić information content (AvgIpc) is 2.85. The molecule has 2 aromatic rings. The van der Waals surface area contributed by atoms with Crippen LogP contribution in [0.5, 0.6) is 23.0 Å². The van der Waals surface area contributed by atoms with Crippen LogP contribution in [0.15, 0.2) is 36.4 Å². The van der Waals surface area contributed by atoms with E-state index in [9.17, 15) is 19.8 Å². The van der Waals surface area contributed by atoms with E-state index in [1.165, 1.54) is 12.1 Å². The lowest BCUT2D eigenvalue weighted by Gasteiger charge is -2.10. The molecule has 0 unspecified atom stereocenters. The fourth-order valence-electron chi connectivity index (χ4n) is 2.68. The third-order valence-corrected chi connectivity index (χ3v) is 4.40. The summed E-state index contributed by atoms with van der Waals surface area (Å²) in [6.07, 6.45) is 1.13. The van der Waals surface area contributed by atoms with Gasteiger partial charge in [0, 0.05) is 0 Å². The van der Waals surface area contributed by atoms with Crippen molar-refractivity contribution in [3.8, 4) is 23.0 Å². The van der Waals surface area contributed by atoms with Gasteiger partial charge in [-0.3, -0.25) is 9.59 Å². The highest BCUT2D eigenvalue weighted by Gasteiger charge is 2.08.